The van der Waals surface area contributed by atoms with Gasteiger partial charge in [-0.25, -0.2) is 17.5 Å². The van der Waals surface area contributed by atoms with Gasteiger partial charge in [-0.05, 0) is 62.8 Å². The number of carbonyl (C=O) groups is 2. The van der Waals surface area contributed by atoms with Crippen LogP contribution in [0.5, 0.6) is 0 Å². The second kappa shape index (κ2) is 11.4. The molecule has 1 fully saturated rings. The summed E-state index contributed by atoms with van der Waals surface area (Å²) in [5, 5.41) is 2.89. The largest absolute Gasteiger partial charge is 0.462 e. The first kappa shape index (κ1) is 24.9. The summed E-state index contributed by atoms with van der Waals surface area (Å²) in [6, 6.07) is 14.8. The smallest absolute Gasteiger partial charge is 0.338 e. The van der Waals surface area contributed by atoms with Gasteiger partial charge < -0.3 is 10.1 Å². The van der Waals surface area contributed by atoms with Gasteiger partial charge in [0.25, 0.3) is 0 Å². The minimum absolute atomic E-state index is 0.0664. The van der Waals surface area contributed by atoms with Crippen LogP contribution in [-0.4, -0.2) is 50.0 Å². The third-order valence-corrected chi connectivity index (χ3v) is 7.79. The van der Waals surface area contributed by atoms with Crippen LogP contribution in [0.3, 0.4) is 0 Å². The highest BCUT2D eigenvalue weighted by Gasteiger charge is 2.32. The number of ether oxygens (including phenoxy) is 1. The van der Waals surface area contributed by atoms with Gasteiger partial charge in [0.05, 0.1) is 23.8 Å². The number of amides is 1. The number of hydrogen-bond donors (Lipinski definition) is 1. The Kier molecular flexibility index (Phi) is 8.63. The Morgan fingerprint density at radius 3 is 2.64 bits per heavy atom. The molecule has 1 aliphatic heterocycles. The number of nitrogens with zero attached hydrogens (tertiary/aromatic N) is 1. The van der Waals surface area contributed by atoms with Gasteiger partial charge in [0.1, 0.15) is 0 Å². The molecule has 1 aliphatic rings. The third-order valence-electron chi connectivity index (χ3n) is 5.87. The fraction of sp³-hybridized carbons (Fsp3) is 0.440. The summed E-state index contributed by atoms with van der Waals surface area (Å²) in [5.74, 6) is -1.05. The van der Waals surface area contributed by atoms with Crippen LogP contribution in [0, 0.1) is 12.8 Å². The first-order valence-corrected chi connectivity index (χ1v) is 13.0. The molecular weight excluding hydrogens is 440 g/mol. The number of benzene rings is 2. The number of carbonyl (C=O) groups excluding carboxylic acids is 2. The molecule has 0 saturated carbocycles. The van der Waals surface area contributed by atoms with Gasteiger partial charge >= 0.3 is 5.97 Å². The number of piperidine rings is 1. The van der Waals surface area contributed by atoms with Crippen LogP contribution in [0.15, 0.2) is 48.5 Å². The molecule has 2 aromatic rings. The lowest BCUT2D eigenvalue weighted by Crippen LogP contribution is -2.44. The molecule has 33 heavy (non-hydrogen) atoms. The molecule has 0 radical (unpaired) electrons. The van der Waals surface area contributed by atoms with Crippen LogP contribution in [0.25, 0.3) is 0 Å². The van der Waals surface area contributed by atoms with E-state index in [2.05, 4.69) is 5.32 Å². The van der Waals surface area contributed by atoms with Crippen LogP contribution < -0.4 is 5.32 Å². The third kappa shape index (κ3) is 6.88. The molecule has 1 heterocycles. The Labute approximate surface area is 196 Å². The summed E-state index contributed by atoms with van der Waals surface area (Å²) in [4.78, 5) is 25.0. The van der Waals surface area contributed by atoms with E-state index in [1.54, 1.807) is 25.1 Å². The van der Waals surface area contributed by atoms with E-state index < -0.39 is 21.9 Å². The van der Waals surface area contributed by atoms with E-state index in [-0.39, 0.29) is 24.8 Å². The number of aryl methyl sites for hydroxylation is 2. The predicted octanol–water partition coefficient (Wildman–Crippen LogP) is 3.78. The summed E-state index contributed by atoms with van der Waals surface area (Å²) < 4.78 is 32.2. The Balaban J connectivity index is 1.60. The van der Waals surface area contributed by atoms with Gasteiger partial charge in [-0.15, -0.1) is 0 Å². The normalized spacial score (nSPS) is 16.8. The molecule has 0 spiro atoms. The van der Waals surface area contributed by atoms with E-state index >= 15 is 0 Å². The van der Waals surface area contributed by atoms with Crippen molar-refractivity contribution >= 4 is 27.6 Å². The highest BCUT2D eigenvalue weighted by molar-refractivity contribution is 7.89. The quantitative estimate of drug-likeness (QED) is 0.561. The minimum Gasteiger partial charge on any atom is -0.462 e. The summed E-state index contributed by atoms with van der Waals surface area (Å²) >= 11 is 0. The molecule has 1 saturated heterocycles. The first-order chi connectivity index (χ1) is 15.8. The molecule has 2 aromatic carbocycles. The second-order valence-electron chi connectivity index (χ2n) is 8.34. The Bertz CT molecular complexity index is 1070. The number of anilines is 1. The maximum Gasteiger partial charge on any atom is 0.338 e. The lowest BCUT2D eigenvalue weighted by Gasteiger charge is -2.31. The van der Waals surface area contributed by atoms with E-state index in [1.807, 2.05) is 37.3 Å². The molecule has 1 amide bonds. The number of esters is 1. The topological polar surface area (TPSA) is 92.8 Å². The highest BCUT2D eigenvalue weighted by Crippen LogP contribution is 2.24. The van der Waals surface area contributed by atoms with Crippen molar-refractivity contribution in [3.05, 3.63) is 65.2 Å². The summed E-state index contributed by atoms with van der Waals surface area (Å²) in [6.07, 6.45) is 2.50. The second-order valence-corrected chi connectivity index (χ2v) is 10.4. The Hall–Kier alpha value is -2.71. The molecule has 0 unspecified atom stereocenters. The van der Waals surface area contributed by atoms with Crippen LogP contribution in [0.4, 0.5) is 5.69 Å². The van der Waals surface area contributed by atoms with Gasteiger partial charge in [0.15, 0.2) is 0 Å². The van der Waals surface area contributed by atoms with Crippen molar-refractivity contribution in [2.75, 3.05) is 30.8 Å². The number of rotatable bonds is 9. The van der Waals surface area contributed by atoms with Crippen molar-refractivity contribution in [2.45, 2.75) is 39.5 Å². The maximum atomic E-state index is 12.9. The average molecular weight is 473 g/mol. The zero-order valence-corrected chi connectivity index (χ0v) is 20.1. The molecule has 3 rings (SSSR count). The van der Waals surface area contributed by atoms with Gasteiger partial charge in [0, 0.05) is 18.8 Å². The SMILES string of the molecule is CCOC(=O)c1ccc(C)c(NC(=O)[C@H]2CCCN(S(=O)(=O)CCCc3ccccc3)C2)c1. The lowest BCUT2D eigenvalue weighted by molar-refractivity contribution is -0.120. The zero-order chi connectivity index (χ0) is 23.8. The number of hydrogen-bond acceptors (Lipinski definition) is 5. The first-order valence-electron chi connectivity index (χ1n) is 11.4. The van der Waals surface area contributed by atoms with Crippen molar-refractivity contribution in [2.24, 2.45) is 5.92 Å². The van der Waals surface area contributed by atoms with Gasteiger partial charge in [-0.3, -0.25) is 4.79 Å². The van der Waals surface area contributed by atoms with Crippen molar-refractivity contribution in [3.63, 3.8) is 0 Å². The van der Waals surface area contributed by atoms with E-state index in [4.69, 9.17) is 4.74 Å². The average Bonchev–Trinajstić information content (AvgIpc) is 2.81. The van der Waals surface area contributed by atoms with Crippen molar-refractivity contribution in [1.29, 1.82) is 0 Å². The van der Waals surface area contributed by atoms with E-state index in [0.717, 1.165) is 11.1 Å². The van der Waals surface area contributed by atoms with Crippen molar-refractivity contribution in [1.82, 2.24) is 4.31 Å². The molecular formula is C25H32N2O5S. The highest BCUT2D eigenvalue weighted by atomic mass is 32.2. The molecule has 0 bridgehead atoms. The Morgan fingerprint density at radius 2 is 1.91 bits per heavy atom. The molecule has 0 aromatic heterocycles. The van der Waals surface area contributed by atoms with Crippen molar-refractivity contribution in [3.8, 4) is 0 Å². The Morgan fingerprint density at radius 1 is 1.15 bits per heavy atom. The van der Waals surface area contributed by atoms with Gasteiger partial charge in [-0.1, -0.05) is 36.4 Å². The fourth-order valence-electron chi connectivity index (χ4n) is 3.97. The fourth-order valence-corrected chi connectivity index (χ4v) is 5.56. The van der Waals surface area contributed by atoms with Crippen molar-refractivity contribution < 1.29 is 22.7 Å². The monoisotopic (exact) mass is 472 g/mol. The van der Waals surface area contributed by atoms with E-state index in [0.29, 0.717) is 43.5 Å². The van der Waals surface area contributed by atoms with Crippen LogP contribution >= 0.6 is 0 Å². The molecule has 178 valence electrons. The van der Waals surface area contributed by atoms with Crippen LogP contribution in [0.2, 0.25) is 0 Å². The molecule has 8 heteroatoms. The summed E-state index contributed by atoms with van der Waals surface area (Å²) in [6.45, 7) is 4.46. The summed E-state index contributed by atoms with van der Waals surface area (Å²) in [7, 11) is -3.43. The standard InChI is InChI=1S/C25H32N2O5S/c1-3-32-25(29)21-14-13-19(2)23(17-21)26-24(28)22-12-7-15-27(18-22)33(30,31)16-8-11-20-9-5-4-6-10-20/h4-6,9-10,13-14,17,22H,3,7-8,11-12,15-16,18H2,1-2H3,(H,26,28)/t22-/m0/s1. The lowest BCUT2D eigenvalue weighted by atomic mass is 9.98. The molecule has 7 nitrogen and oxygen atoms in total. The molecule has 1 atom stereocenters. The van der Waals surface area contributed by atoms with E-state index in [1.165, 1.54) is 4.31 Å². The van der Waals surface area contributed by atoms with Gasteiger partial charge in [-0.2, -0.15) is 0 Å². The number of nitrogens with one attached hydrogen (secondary N) is 1. The molecule has 1 N–H and O–H groups in total. The number of sulfonamides is 1. The maximum absolute atomic E-state index is 12.9. The van der Waals surface area contributed by atoms with Crippen LogP contribution in [-0.2, 0) is 26.0 Å². The van der Waals surface area contributed by atoms with Crippen LogP contribution in [0.1, 0.15) is 47.7 Å². The minimum atomic E-state index is -3.43. The van der Waals surface area contributed by atoms with E-state index in [9.17, 15) is 18.0 Å². The summed E-state index contributed by atoms with van der Waals surface area (Å²) in [5.41, 5.74) is 2.83. The predicted molar refractivity (Wildman–Crippen MR) is 129 cm³/mol. The van der Waals surface area contributed by atoms with Gasteiger partial charge in [0.2, 0.25) is 15.9 Å². The zero-order valence-electron chi connectivity index (χ0n) is 19.2. The molecule has 0 aliphatic carbocycles.